The van der Waals surface area contributed by atoms with Gasteiger partial charge in [0.05, 0.1) is 30.5 Å². The molecule has 4 rings (SSSR count). The highest BCUT2D eigenvalue weighted by atomic mass is 19.1. The number of nitrogens with zero attached hydrogens (tertiary/aromatic N) is 6. The van der Waals surface area contributed by atoms with E-state index in [4.69, 9.17) is 0 Å². The second-order valence-corrected chi connectivity index (χ2v) is 6.10. The highest BCUT2D eigenvalue weighted by molar-refractivity contribution is 5.59. The van der Waals surface area contributed by atoms with Crippen molar-refractivity contribution in [1.29, 1.82) is 0 Å². The highest BCUT2D eigenvalue weighted by Crippen LogP contribution is 2.26. The highest BCUT2D eigenvalue weighted by Gasteiger charge is 2.21. The predicted molar refractivity (Wildman–Crippen MR) is 93.1 cm³/mol. The van der Waals surface area contributed by atoms with Crippen molar-refractivity contribution < 1.29 is 4.39 Å². The molecule has 0 aromatic carbocycles. The predicted octanol–water partition coefficient (Wildman–Crippen LogP) is 1.66. The SMILES string of the molecule is C[C@@H](Nc1nc2c(c(Nc3cn(C)cn3)n1)CNC2)c1ncc(F)cn1. The topological polar surface area (TPSA) is 105 Å². The van der Waals surface area contributed by atoms with E-state index in [-0.39, 0.29) is 6.04 Å². The largest absolute Gasteiger partial charge is 0.344 e. The fourth-order valence-corrected chi connectivity index (χ4v) is 2.74. The van der Waals surface area contributed by atoms with E-state index in [1.807, 2.05) is 24.7 Å². The van der Waals surface area contributed by atoms with Gasteiger partial charge in [-0.25, -0.2) is 24.3 Å². The summed E-state index contributed by atoms with van der Waals surface area (Å²) >= 11 is 0. The Hall–Kier alpha value is -3.14. The monoisotopic (exact) mass is 355 g/mol. The van der Waals surface area contributed by atoms with Gasteiger partial charge in [-0.3, -0.25) is 0 Å². The molecule has 1 atom stereocenters. The van der Waals surface area contributed by atoms with E-state index < -0.39 is 5.82 Å². The summed E-state index contributed by atoms with van der Waals surface area (Å²) in [7, 11) is 1.90. The van der Waals surface area contributed by atoms with Gasteiger partial charge in [-0.2, -0.15) is 4.98 Å². The second kappa shape index (κ2) is 6.64. The molecule has 0 amide bonds. The van der Waals surface area contributed by atoms with E-state index in [2.05, 4.69) is 40.9 Å². The molecule has 3 N–H and O–H groups in total. The van der Waals surface area contributed by atoms with Gasteiger partial charge in [0, 0.05) is 31.9 Å². The fourth-order valence-electron chi connectivity index (χ4n) is 2.74. The van der Waals surface area contributed by atoms with Crippen molar-refractivity contribution in [1.82, 2.24) is 34.8 Å². The molecule has 0 spiro atoms. The average Bonchev–Trinajstić information content (AvgIpc) is 3.24. The van der Waals surface area contributed by atoms with Crippen LogP contribution in [0.4, 0.5) is 22.0 Å². The van der Waals surface area contributed by atoms with E-state index in [9.17, 15) is 4.39 Å². The van der Waals surface area contributed by atoms with Crippen LogP contribution in [0, 0.1) is 5.82 Å². The Morgan fingerprint density at radius 3 is 2.73 bits per heavy atom. The molecule has 0 saturated carbocycles. The van der Waals surface area contributed by atoms with Crippen LogP contribution >= 0.6 is 0 Å². The lowest BCUT2D eigenvalue weighted by Gasteiger charge is -2.15. The number of hydrogen-bond acceptors (Lipinski definition) is 8. The fraction of sp³-hybridized carbons (Fsp3) is 0.312. The zero-order chi connectivity index (χ0) is 18.1. The minimum atomic E-state index is -0.470. The maximum Gasteiger partial charge on any atom is 0.225 e. The lowest BCUT2D eigenvalue weighted by atomic mass is 10.2. The minimum Gasteiger partial charge on any atom is -0.344 e. The smallest absolute Gasteiger partial charge is 0.225 e. The van der Waals surface area contributed by atoms with Gasteiger partial charge in [-0.15, -0.1) is 0 Å². The van der Waals surface area contributed by atoms with E-state index in [0.29, 0.717) is 36.5 Å². The Balaban J connectivity index is 1.60. The number of hydrogen-bond donors (Lipinski definition) is 3. The zero-order valence-electron chi connectivity index (χ0n) is 14.4. The summed E-state index contributed by atoms with van der Waals surface area (Å²) in [6.45, 7) is 3.24. The van der Waals surface area contributed by atoms with Crippen LogP contribution in [0.5, 0.6) is 0 Å². The molecule has 9 nitrogen and oxygen atoms in total. The molecule has 10 heteroatoms. The summed E-state index contributed by atoms with van der Waals surface area (Å²) in [4.78, 5) is 21.4. The summed E-state index contributed by atoms with van der Waals surface area (Å²) in [6.07, 6.45) is 5.87. The lowest BCUT2D eigenvalue weighted by Crippen LogP contribution is -2.14. The van der Waals surface area contributed by atoms with Crippen molar-refractivity contribution in [3.05, 3.63) is 47.8 Å². The van der Waals surface area contributed by atoms with Gasteiger partial charge in [0.15, 0.2) is 5.82 Å². The van der Waals surface area contributed by atoms with Gasteiger partial charge < -0.3 is 20.5 Å². The molecule has 0 aliphatic carbocycles. The number of imidazole rings is 1. The standard InChI is InChI=1S/C16H18FN9/c1-9(14-19-3-10(17)4-20-14)22-16-23-12-6-18-5-11(12)15(25-16)24-13-7-26(2)8-21-13/h3-4,7-9,18H,5-6H2,1-2H3,(H2,22,23,24,25)/t9-/m1/s1. The molecule has 134 valence electrons. The minimum absolute atomic E-state index is 0.272. The first-order valence-electron chi connectivity index (χ1n) is 8.18. The Morgan fingerprint density at radius 2 is 2.00 bits per heavy atom. The summed E-state index contributed by atoms with van der Waals surface area (Å²) < 4.78 is 14.9. The van der Waals surface area contributed by atoms with Gasteiger partial charge >= 0.3 is 0 Å². The molecule has 3 aromatic heterocycles. The average molecular weight is 355 g/mol. The van der Waals surface area contributed by atoms with Crippen LogP contribution in [0.2, 0.25) is 0 Å². The molecule has 0 unspecified atom stereocenters. The molecule has 0 fully saturated rings. The third-order valence-corrected chi connectivity index (χ3v) is 4.01. The van der Waals surface area contributed by atoms with Gasteiger partial charge in [0.2, 0.25) is 5.95 Å². The molecule has 4 heterocycles. The number of halogens is 1. The van der Waals surface area contributed by atoms with E-state index in [1.165, 1.54) is 0 Å². The molecule has 3 aromatic rings. The normalized spacial score (nSPS) is 14.1. The molecular weight excluding hydrogens is 337 g/mol. The Labute approximate surface area is 149 Å². The summed E-state index contributed by atoms with van der Waals surface area (Å²) in [6, 6.07) is -0.272. The van der Waals surface area contributed by atoms with Crippen molar-refractivity contribution in [2.45, 2.75) is 26.1 Å². The van der Waals surface area contributed by atoms with Crippen LogP contribution < -0.4 is 16.0 Å². The Morgan fingerprint density at radius 1 is 1.19 bits per heavy atom. The van der Waals surface area contributed by atoms with Crippen LogP contribution in [0.15, 0.2) is 24.9 Å². The molecule has 0 saturated heterocycles. The van der Waals surface area contributed by atoms with E-state index in [0.717, 1.165) is 23.7 Å². The second-order valence-electron chi connectivity index (χ2n) is 6.10. The maximum atomic E-state index is 13.0. The summed E-state index contributed by atoms with van der Waals surface area (Å²) in [5, 5.41) is 9.69. The molecule has 0 radical (unpaired) electrons. The number of aromatic nitrogens is 6. The first-order chi connectivity index (χ1) is 12.6. The third kappa shape index (κ3) is 3.31. The first-order valence-corrected chi connectivity index (χ1v) is 8.18. The van der Waals surface area contributed by atoms with E-state index in [1.54, 1.807) is 6.33 Å². The van der Waals surface area contributed by atoms with Gasteiger partial charge in [-0.1, -0.05) is 0 Å². The molecule has 26 heavy (non-hydrogen) atoms. The molecule has 1 aliphatic heterocycles. The van der Waals surface area contributed by atoms with Crippen LogP contribution in [0.25, 0.3) is 0 Å². The summed E-state index contributed by atoms with van der Waals surface area (Å²) in [5.74, 6) is 1.86. The van der Waals surface area contributed by atoms with Crippen LogP contribution in [-0.2, 0) is 20.1 Å². The number of nitrogens with one attached hydrogen (secondary N) is 3. The van der Waals surface area contributed by atoms with Gasteiger partial charge in [0.1, 0.15) is 17.5 Å². The van der Waals surface area contributed by atoms with Crippen LogP contribution in [-0.4, -0.2) is 29.5 Å². The number of anilines is 3. The number of rotatable bonds is 5. The molecule has 1 aliphatic rings. The Bertz CT molecular complexity index is 922. The molecule has 0 bridgehead atoms. The van der Waals surface area contributed by atoms with Crippen molar-refractivity contribution in [3.63, 3.8) is 0 Å². The van der Waals surface area contributed by atoms with Crippen molar-refractivity contribution in [3.8, 4) is 0 Å². The quantitative estimate of drug-likeness (QED) is 0.635. The summed E-state index contributed by atoms with van der Waals surface area (Å²) in [5.41, 5.74) is 1.94. The number of fused-ring (bicyclic) bond motifs is 1. The first kappa shape index (κ1) is 16.3. The molecular formula is C16H18FN9. The maximum absolute atomic E-state index is 13.0. The van der Waals surface area contributed by atoms with Crippen molar-refractivity contribution >= 4 is 17.6 Å². The van der Waals surface area contributed by atoms with Gasteiger partial charge in [-0.05, 0) is 6.92 Å². The van der Waals surface area contributed by atoms with Crippen LogP contribution in [0.3, 0.4) is 0 Å². The van der Waals surface area contributed by atoms with Crippen molar-refractivity contribution in [2.75, 3.05) is 10.6 Å². The van der Waals surface area contributed by atoms with Gasteiger partial charge in [0.25, 0.3) is 0 Å². The third-order valence-electron chi connectivity index (χ3n) is 4.01. The van der Waals surface area contributed by atoms with Crippen LogP contribution in [0.1, 0.15) is 30.0 Å². The van der Waals surface area contributed by atoms with E-state index >= 15 is 0 Å². The Kier molecular flexibility index (Phi) is 4.17. The zero-order valence-corrected chi connectivity index (χ0v) is 14.4. The van der Waals surface area contributed by atoms with Crippen molar-refractivity contribution in [2.24, 2.45) is 7.05 Å². The lowest BCUT2D eigenvalue weighted by molar-refractivity contribution is 0.604. The number of aryl methyl sites for hydroxylation is 1.